The lowest BCUT2D eigenvalue weighted by molar-refractivity contribution is -0.115. The van der Waals surface area contributed by atoms with Crippen molar-refractivity contribution in [3.8, 4) is 0 Å². The van der Waals surface area contributed by atoms with E-state index in [-0.39, 0.29) is 11.5 Å². The number of thioether (sulfide) groups is 1. The molecule has 0 saturated heterocycles. The minimum atomic E-state index is -0.397. The number of hydrogen-bond donors (Lipinski definition) is 1. The average molecular weight is 410 g/mol. The minimum absolute atomic E-state index is 0.0576. The number of nitrogens with one attached hydrogen (secondary N) is 1. The van der Waals surface area contributed by atoms with Gasteiger partial charge in [-0.2, -0.15) is 0 Å². The molecule has 2 aromatic carbocycles. The van der Waals surface area contributed by atoms with E-state index < -0.39 is 5.25 Å². The van der Waals surface area contributed by atoms with Crippen LogP contribution in [0.1, 0.15) is 37.0 Å². The molecule has 0 spiro atoms. The zero-order chi connectivity index (χ0) is 21.1. The molecule has 1 amide bonds. The lowest BCUT2D eigenvalue weighted by Gasteiger charge is -2.18. The molecular formula is C23H27N3O2S. The molecule has 0 aliphatic carbocycles. The first-order chi connectivity index (χ1) is 13.8. The molecule has 3 rings (SSSR count). The SMILES string of the molecule is CCCn1c(S[C@H](C)C(=O)Nc2c(C)cc(C)cc2C)nc2ccccc2c1=O. The van der Waals surface area contributed by atoms with Crippen molar-refractivity contribution < 1.29 is 4.79 Å². The smallest absolute Gasteiger partial charge is 0.262 e. The zero-order valence-corrected chi connectivity index (χ0v) is 18.4. The molecule has 0 radical (unpaired) electrons. The van der Waals surface area contributed by atoms with Crippen LogP contribution in [-0.4, -0.2) is 20.7 Å². The van der Waals surface area contributed by atoms with Crippen molar-refractivity contribution in [2.75, 3.05) is 5.32 Å². The predicted octanol–water partition coefficient (Wildman–Crippen LogP) is 4.85. The lowest BCUT2D eigenvalue weighted by atomic mass is 10.1. The van der Waals surface area contributed by atoms with Crippen LogP contribution in [0.25, 0.3) is 10.9 Å². The molecule has 6 heteroatoms. The Morgan fingerprint density at radius 2 is 1.83 bits per heavy atom. The van der Waals surface area contributed by atoms with Gasteiger partial charge in [0, 0.05) is 12.2 Å². The minimum Gasteiger partial charge on any atom is -0.325 e. The Morgan fingerprint density at radius 1 is 1.17 bits per heavy atom. The van der Waals surface area contributed by atoms with E-state index in [1.54, 1.807) is 10.6 Å². The first kappa shape index (κ1) is 21.1. The number of carbonyl (C=O) groups excluding carboxylic acids is 1. The number of aryl methyl sites for hydroxylation is 3. The summed E-state index contributed by atoms with van der Waals surface area (Å²) in [6.07, 6.45) is 0.815. The molecule has 5 nitrogen and oxygen atoms in total. The van der Waals surface area contributed by atoms with Gasteiger partial charge >= 0.3 is 0 Å². The van der Waals surface area contributed by atoms with Crippen LogP contribution in [0.3, 0.4) is 0 Å². The number of hydrogen-bond acceptors (Lipinski definition) is 4. The van der Waals surface area contributed by atoms with Gasteiger partial charge in [0.25, 0.3) is 5.56 Å². The summed E-state index contributed by atoms with van der Waals surface area (Å²) in [4.78, 5) is 30.5. The van der Waals surface area contributed by atoms with Crippen LogP contribution < -0.4 is 10.9 Å². The number of carbonyl (C=O) groups is 1. The second-order valence-corrected chi connectivity index (χ2v) is 8.70. The van der Waals surface area contributed by atoms with Gasteiger partial charge in [-0.1, -0.05) is 48.5 Å². The number of rotatable bonds is 6. The quantitative estimate of drug-likeness (QED) is 0.467. The molecule has 0 bridgehead atoms. The van der Waals surface area contributed by atoms with Crippen molar-refractivity contribution >= 4 is 34.3 Å². The maximum absolute atomic E-state index is 12.9. The molecule has 29 heavy (non-hydrogen) atoms. The highest BCUT2D eigenvalue weighted by Gasteiger charge is 2.20. The van der Waals surface area contributed by atoms with Gasteiger partial charge in [-0.15, -0.1) is 0 Å². The molecule has 0 aliphatic rings. The van der Waals surface area contributed by atoms with E-state index in [1.165, 1.54) is 17.3 Å². The third-order valence-electron chi connectivity index (χ3n) is 4.85. The van der Waals surface area contributed by atoms with E-state index in [9.17, 15) is 9.59 Å². The Morgan fingerprint density at radius 3 is 2.48 bits per heavy atom. The maximum Gasteiger partial charge on any atom is 0.262 e. The van der Waals surface area contributed by atoms with Gasteiger partial charge in [-0.3, -0.25) is 14.2 Å². The van der Waals surface area contributed by atoms with E-state index >= 15 is 0 Å². The molecular weight excluding hydrogens is 382 g/mol. The van der Waals surface area contributed by atoms with Gasteiger partial charge in [0.1, 0.15) is 0 Å². The summed E-state index contributed by atoms with van der Waals surface area (Å²) in [5.41, 5.74) is 4.71. The highest BCUT2D eigenvalue weighted by molar-refractivity contribution is 8.00. The van der Waals surface area contributed by atoms with Crippen LogP contribution in [0.4, 0.5) is 5.69 Å². The summed E-state index contributed by atoms with van der Waals surface area (Å²) in [5.74, 6) is -0.101. The molecule has 1 heterocycles. The predicted molar refractivity (Wildman–Crippen MR) is 121 cm³/mol. The topological polar surface area (TPSA) is 64.0 Å². The molecule has 0 aliphatic heterocycles. The fourth-order valence-corrected chi connectivity index (χ4v) is 4.41. The molecule has 0 fully saturated rings. The van der Waals surface area contributed by atoms with Gasteiger partial charge in [0.15, 0.2) is 5.16 Å². The average Bonchev–Trinajstić information content (AvgIpc) is 2.67. The number of amides is 1. The Hall–Kier alpha value is -2.60. The Labute approximate surface area is 175 Å². The van der Waals surface area contributed by atoms with Gasteiger partial charge < -0.3 is 5.32 Å². The number of para-hydroxylation sites is 1. The molecule has 0 unspecified atom stereocenters. The molecule has 3 aromatic rings. The van der Waals surface area contributed by atoms with Crippen molar-refractivity contribution in [1.29, 1.82) is 0 Å². The Bertz CT molecular complexity index is 1100. The van der Waals surface area contributed by atoms with Crippen LogP contribution in [-0.2, 0) is 11.3 Å². The molecule has 1 atom stereocenters. The number of nitrogens with zero attached hydrogens (tertiary/aromatic N) is 2. The fraction of sp³-hybridized carbons (Fsp3) is 0.348. The second kappa shape index (κ2) is 8.82. The second-order valence-electron chi connectivity index (χ2n) is 7.39. The van der Waals surface area contributed by atoms with E-state index in [0.29, 0.717) is 22.6 Å². The van der Waals surface area contributed by atoms with Crippen LogP contribution in [0.5, 0.6) is 0 Å². The van der Waals surface area contributed by atoms with Crippen LogP contribution in [0.15, 0.2) is 46.3 Å². The molecule has 0 saturated carbocycles. The molecule has 1 N–H and O–H groups in total. The lowest BCUT2D eigenvalue weighted by Crippen LogP contribution is -2.27. The van der Waals surface area contributed by atoms with Gasteiger partial charge in [-0.05, 0) is 57.4 Å². The van der Waals surface area contributed by atoms with Crippen molar-refractivity contribution in [2.45, 2.75) is 58.0 Å². The normalized spacial score (nSPS) is 12.2. The van der Waals surface area contributed by atoms with Crippen LogP contribution in [0.2, 0.25) is 0 Å². The highest BCUT2D eigenvalue weighted by atomic mass is 32.2. The molecule has 1 aromatic heterocycles. The standard InChI is InChI=1S/C23H27N3O2S/c1-6-11-26-22(28)18-9-7-8-10-19(18)24-23(26)29-17(5)21(27)25-20-15(3)12-14(2)13-16(20)4/h7-10,12-13,17H,6,11H2,1-5H3,(H,25,27)/t17-/m1/s1. The monoisotopic (exact) mass is 409 g/mol. The van der Waals surface area contributed by atoms with E-state index in [0.717, 1.165) is 23.2 Å². The van der Waals surface area contributed by atoms with Crippen LogP contribution >= 0.6 is 11.8 Å². The summed E-state index contributed by atoms with van der Waals surface area (Å²) in [5, 5.41) is 3.84. The summed E-state index contributed by atoms with van der Waals surface area (Å²) < 4.78 is 1.68. The third kappa shape index (κ3) is 4.53. The van der Waals surface area contributed by atoms with Gasteiger partial charge in [-0.25, -0.2) is 4.98 Å². The maximum atomic E-state index is 12.9. The van der Waals surface area contributed by atoms with Crippen molar-refractivity contribution in [1.82, 2.24) is 9.55 Å². The first-order valence-corrected chi connectivity index (χ1v) is 10.7. The van der Waals surface area contributed by atoms with E-state index in [1.807, 2.05) is 52.8 Å². The van der Waals surface area contributed by atoms with Gasteiger partial charge in [0.05, 0.1) is 16.2 Å². The number of anilines is 1. The zero-order valence-electron chi connectivity index (χ0n) is 17.6. The number of fused-ring (bicyclic) bond motifs is 1. The van der Waals surface area contributed by atoms with Crippen molar-refractivity contribution in [3.63, 3.8) is 0 Å². The number of aromatic nitrogens is 2. The largest absolute Gasteiger partial charge is 0.325 e. The highest BCUT2D eigenvalue weighted by Crippen LogP contribution is 2.26. The number of benzene rings is 2. The van der Waals surface area contributed by atoms with E-state index in [2.05, 4.69) is 22.4 Å². The van der Waals surface area contributed by atoms with Crippen molar-refractivity contribution in [3.05, 3.63) is 63.4 Å². The van der Waals surface area contributed by atoms with Gasteiger partial charge in [0.2, 0.25) is 5.91 Å². The fourth-order valence-electron chi connectivity index (χ4n) is 3.47. The Balaban J connectivity index is 1.89. The Kier molecular flexibility index (Phi) is 6.42. The summed E-state index contributed by atoms with van der Waals surface area (Å²) in [6, 6.07) is 11.5. The molecule has 152 valence electrons. The third-order valence-corrected chi connectivity index (χ3v) is 5.94. The summed E-state index contributed by atoms with van der Waals surface area (Å²) >= 11 is 1.32. The van der Waals surface area contributed by atoms with Crippen LogP contribution in [0, 0.1) is 20.8 Å². The summed E-state index contributed by atoms with van der Waals surface area (Å²) in [6.45, 7) is 10.5. The summed E-state index contributed by atoms with van der Waals surface area (Å²) in [7, 11) is 0. The van der Waals surface area contributed by atoms with Crippen molar-refractivity contribution in [2.24, 2.45) is 0 Å². The van der Waals surface area contributed by atoms with E-state index in [4.69, 9.17) is 0 Å². The first-order valence-electron chi connectivity index (χ1n) is 9.86.